The Bertz CT molecular complexity index is 1870. The van der Waals surface area contributed by atoms with Crippen LogP contribution in [-0.4, -0.2) is 59.2 Å². The lowest BCUT2D eigenvalue weighted by Crippen LogP contribution is -2.50. The average molecular weight is 657 g/mol. The molecule has 3 aliphatic rings. The molecule has 1 atom stereocenters. The Morgan fingerprint density at radius 1 is 0.918 bits per heavy atom. The summed E-state index contributed by atoms with van der Waals surface area (Å²) in [5, 5.41) is 9.26. The Morgan fingerprint density at radius 2 is 1.65 bits per heavy atom. The summed E-state index contributed by atoms with van der Waals surface area (Å²) in [5.41, 5.74) is 5.87. The molecular formula is C40H44N6O3. The molecule has 252 valence electrons. The molecule has 3 heterocycles. The smallest absolute Gasteiger partial charge is 0.244 e. The van der Waals surface area contributed by atoms with Crippen molar-refractivity contribution in [2.45, 2.75) is 57.7 Å². The van der Waals surface area contributed by atoms with Crippen LogP contribution in [0.15, 0.2) is 91.1 Å². The van der Waals surface area contributed by atoms with E-state index in [1.54, 1.807) is 11.1 Å². The van der Waals surface area contributed by atoms with Crippen molar-refractivity contribution in [3.8, 4) is 0 Å². The molecule has 3 amide bonds. The van der Waals surface area contributed by atoms with Crippen LogP contribution in [0.25, 0.3) is 0 Å². The third-order valence-electron chi connectivity index (χ3n) is 10.7. The number of nitrogens with zero attached hydrogens (tertiary/aromatic N) is 3. The number of carbonyl (C=O) groups is 3. The molecule has 0 saturated carbocycles. The number of anilines is 2. The van der Waals surface area contributed by atoms with E-state index in [-0.39, 0.29) is 24.3 Å². The van der Waals surface area contributed by atoms with Gasteiger partial charge in [0.2, 0.25) is 17.7 Å². The van der Waals surface area contributed by atoms with Crippen molar-refractivity contribution < 1.29 is 14.4 Å². The predicted octanol–water partition coefficient (Wildman–Crippen LogP) is 5.06. The number of hydrogen-bond donors (Lipinski definition) is 3. The van der Waals surface area contributed by atoms with E-state index in [9.17, 15) is 14.4 Å². The summed E-state index contributed by atoms with van der Waals surface area (Å²) in [5.74, 6) is 0.364. The van der Waals surface area contributed by atoms with Gasteiger partial charge in [0, 0.05) is 42.5 Å². The van der Waals surface area contributed by atoms with Crippen LogP contribution in [0.1, 0.15) is 53.1 Å². The van der Waals surface area contributed by atoms with Crippen molar-refractivity contribution in [1.82, 2.24) is 20.1 Å². The fourth-order valence-corrected chi connectivity index (χ4v) is 7.84. The highest BCUT2D eigenvalue weighted by atomic mass is 16.2. The summed E-state index contributed by atoms with van der Waals surface area (Å²) >= 11 is 0. The summed E-state index contributed by atoms with van der Waals surface area (Å²) in [6.45, 7) is 5.53. The standard InChI is InChI=1S/C40H44N6O3/c1-39(16-19-45(20-17-39)25-28-9-4-3-5-10-28)38(49)46(26-31-12-7-6-11-30(31)24-41-2)27-35(47)43-33-15-14-29-22-40(23-32(29)21-33)34-13-8-18-42-36(34)44-37(40)48/h3-15,18,21,41H,16-17,19-20,22-27H2,1-2H3,(H,43,47)(H,42,44,48)/t40-/m1/s1. The van der Waals surface area contributed by atoms with Gasteiger partial charge in [-0.3, -0.25) is 19.3 Å². The zero-order chi connectivity index (χ0) is 34.0. The van der Waals surface area contributed by atoms with Crippen LogP contribution in [0.4, 0.5) is 11.5 Å². The number of nitrogens with one attached hydrogen (secondary N) is 3. The Morgan fingerprint density at radius 3 is 2.43 bits per heavy atom. The van der Waals surface area contributed by atoms with E-state index in [1.807, 2.05) is 61.6 Å². The van der Waals surface area contributed by atoms with Crippen molar-refractivity contribution in [3.63, 3.8) is 0 Å². The number of piperidine rings is 1. The Balaban J connectivity index is 1.07. The highest BCUT2D eigenvalue weighted by molar-refractivity contribution is 6.06. The van der Waals surface area contributed by atoms with Crippen LogP contribution in [0, 0.1) is 5.41 Å². The number of benzene rings is 3. The Hall–Kier alpha value is -4.86. The Labute approximate surface area is 288 Å². The molecule has 4 aromatic rings. The molecular weight excluding hydrogens is 612 g/mol. The number of hydrogen-bond acceptors (Lipinski definition) is 6. The first-order valence-corrected chi connectivity index (χ1v) is 17.2. The molecule has 7 rings (SSSR count). The largest absolute Gasteiger partial charge is 0.329 e. The minimum Gasteiger partial charge on any atom is -0.329 e. The third-order valence-corrected chi connectivity index (χ3v) is 10.7. The van der Waals surface area contributed by atoms with Gasteiger partial charge in [0.15, 0.2) is 0 Å². The van der Waals surface area contributed by atoms with E-state index in [2.05, 4.69) is 63.1 Å². The van der Waals surface area contributed by atoms with Gasteiger partial charge in [0.1, 0.15) is 12.4 Å². The highest BCUT2D eigenvalue weighted by Gasteiger charge is 2.51. The van der Waals surface area contributed by atoms with Crippen molar-refractivity contribution in [2.75, 3.05) is 37.3 Å². The first-order chi connectivity index (χ1) is 23.8. The average Bonchev–Trinajstić information content (AvgIpc) is 3.62. The number of aromatic nitrogens is 1. The monoisotopic (exact) mass is 656 g/mol. The minimum absolute atomic E-state index is 0.0108. The molecule has 9 nitrogen and oxygen atoms in total. The van der Waals surface area contributed by atoms with Gasteiger partial charge in [0.25, 0.3) is 0 Å². The lowest BCUT2D eigenvalue weighted by molar-refractivity contribution is -0.146. The molecule has 1 fully saturated rings. The van der Waals surface area contributed by atoms with Crippen LogP contribution < -0.4 is 16.0 Å². The molecule has 1 aromatic heterocycles. The maximum atomic E-state index is 14.4. The zero-order valence-electron chi connectivity index (χ0n) is 28.3. The summed E-state index contributed by atoms with van der Waals surface area (Å²) in [7, 11) is 1.91. The fourth-order valence-electron chi connectivity index (χ4n) is 7.84. The van der Waals surface area contributed by atoms with Crippen LogP contribution >= 0.6 is 0 Å². The minimum atomic E-state index is -0.676. The number of carbonyl (C=O) groups excluding carboxylic acids is 3. The second-order valence-electron chi connectivity index (χ2n) is 14.1. The first kappa shape index (κ1) is 32.7. The van der Waals surface area contributed by atoms with Gasteiger partial charge in [-0.2, -0.15) is 0 Å². The normalized spacial score (nSPS) is 19.3. The molecule has 9 heteroatoms. The first-order valence-electron chi connectivity index (χ1n) is 17.2. The van der Waals surface area contributed by atoms with Crippen LogP contribution in [-0.2, 0) is 52.3 Å². The number of likely N-dealkylation sites (tertiary alicyclic amines) is 1. The molecule has 3 aromatic carbocycles. The van der Waals surface area contributed by atoms with Crippen molar-refractivity contribution in [3.05, 3.63) is 125 Å². The maximum absolute atomic E-state index is 14.4. The molecule has 3 N–H and O–H groups in total. The van der Waals surface area contributed by atoms with Crippen molar-refractivity contribution in [1.29, 1.82) is 0 Å². The van der Waals surface area contributed by atoms with Gasteiger partial charge < -0.3 is 20.9 Å². The topological polar surface area (TPSA) is 107 Å². The molecule has 0 radical (unpaired) electrons. The molecule has 49 heavy (non-hydrogen) atoms. The van der Waals surface area contributed by atoms with Crippen molar-refractivity contribution >= 4 is 29.2 Å². The second-order valence-corrected chi connectivity index (χ2v) is 14.1. The van der Waals surface area contributed by atoms with Gasteiger partial charge >= 0.3 is 0 Å². The van der Waals surface area contributed by atoms with Gasteiger partial charge in [-0.1, -0.05) is 73.7 Å². The van der Waals surface area contributed by atoms with Crippen LogP contribution in [0.3, 0.4) is 0 Å². The molecule has 0 bridgehead atoms. The summed E-state index contributed by atoms with van der Waals surface area (Å²) in [4.78, 5) is 49.9. The molecule has 1 saturated heterocycles. The van der Waals surface area contributed by atoms with Crippen LogP contribution in [0.2, 0.25) is 0 Å². The van der Waals surface area contributed by atoms with E-state index in [1.165, 1.54) is 5.56 Å². The second kappa shape index (κ2) is 13.6. The molecule has 1 aliphatic carbocycles. The van der Waals surface area contributed by atoms with Gasteiger partial charge in [0.05, 0.1) is 5.41 Å². The van der Waals surface area contributed by atoms with Crippen molar-refractivity contribution in [2.24, 2.45) is 5.41 Å². The number of pyridine rings is 1. The number of amides is 3. The van der Waals surface area contributed by atoms with E-state index in [4.69, 9.17) is 0 Å². The quantitative estimate of drug-likeness (QED) is 0.221. The van der Waals surface area contributed by atoms with Gasteiger partial charge in [-0.25, -0.2) is 4.98 Å². The summed E-state index contributed by atoms with van der Waals surface area (Å²) in [6, 6.07) is 28.2. The third kappa shape index (κ3) is 6.60. The molecule has 2 aliphatic heterocycles. The summed E-state index contributed by atoms with van der Waals surface area (Å²) in [6.07, 6.45) is 4.29. The van der Waals surface area contributed by atoms with Gasteiger partial charge in [-0.15, -0.1) is 0 Å². The van der Waals surface area contributed by atoms with E-state index >= 15 is 0 Å². The van der Waals surface area contributed by atoms with E-state index in [0.717, 1.165) is 60.3 Å². The maximum Gasteiger partial charge on any atom is 0.244 e. The SMILES string of the molecule is CNCc1ccccc1CN(CC(=O)Nc1ccc2c(c1)C[C@@]1(C2)C(=O)Nc2ncccc21)C(=O)C1(C)CCN(Cc2ccccc2)CC1. The lowest BCUT2D eigenvalue weighted by Gasteiger charge is -2.41. The molecule has 1 spiro atoms. The zero-order valence-corrected chi connectivity index (χ0v) is 28.3. The highest BCUT2D eigenvalue weighted by Crippen LogP contribution is 2.47. The number of fused-ring (bicyclic) bond motifs is 3. The van der Waals surface area contributed by atoms with E-state index in [0.29, 0.717) is 37.4 Å². The Kier molecular flexibility index (Phi) is 9.05. The summed E-state index contributed by atoms with van der Waals surface area (Å²) < 4.78 is 0. The molecule has 0 unspecified atom stereocenters. The predicted molar refractivity (Wildman–Crippen MR) is 191 cm³/mol. The van der Waals surface area contributed by atoms with Gasteiger partial charge in [-0.05, 0) is 91.8 Å². The van der Waals surface area contributed by atoms with Crippen LogP contribution in [0.5, 0.6) is 0 Å². The van der Waals surface area contributed by atoms with E-state index < -0.39 is 10.8 Å². The lowest BCUT2D eigenvalue weighted by atomic mass is 9.78. The number of rotatable bonds is 10. The fraction of sp³-hybridized carbons (Fsp3) is 0.350.